The van der Waals surface area contributed by atoms with E-state index in [2.05, 4.69) is 12.2 Å². The summed E-state index contributed by atoms with van der Waals surface area (Å²) in [4.78, 5) is 12.0. The van der Waals surface area contributed by atoms with Gasteiger partial charge in [0.1, 0.15) is 0 Å². The first-order valence-corrected chi connectivity index (χ1v) is 6.83. The van der Waals surface area contributed by atoms with Crippen LogP contribution in [0.15, 0.2) is 54.6 Å². The maximum atomic E-state index is 12.0. The normalized spacial score (nSPS) is 10.7. The molecular weight excluding hydrogens is 246 g/mol. The van der Waals surface area contributed by atoms with E-state index in [-0.39, 0.29) is 5.91 Å². The lowest BCUT2D eigenvalue weighted by Gasteiger charge is -2.11. The second kappa shape index (κ2) is 6.71. The van der Waals surface area contributed by atoms with E-state index in [0.29, 0.717) is 0 Å². The fraction of sp³-hybridized carbons (Fsp3) is 0.167. The standard InChI is InChI=1S/C18H19NO/c1-3-16-11-7-8-14(2)18(16)19-17(20)13-12-15-9-5-4-6-10-15/h4-13H,3H2,1-2H3,(H,19,20)/b13-12+. The molecule has 0 radical (unpaired) electrons. The molecule has 2 rings (SSSR count). The van der Waals surface area contributed by atoms with Gasteiger partial charge in [0.25, 0.3) is 0 Å². The molecular formula is C18H19NO. The molecule has 2 aromatic carbocycles. The van der Waals surface area contributed by atoms with Crippen molar-refractivity contribution in [1.29, 1.82) is 0 Å². The summed E-state index contributed by atoms with van der Waals surface area (Å²) >= 11 is 0. The minimum atomic E-state index is -0.0992. The van der Waals surface area contributed by atoms with Gasteiger partial charge in [-0.1, -0.05) is 55.5 Å². The van der Waals surface area contributed by atoms with Gasteiger partial charge in [-0.25, -0.2) is 0 Å². The molecule has 0 atom stereocenters. The molecule has 0 saturated heterocycles. The molecule has 2 aromatic rings. The molecule has 0 heterocycles. The Kier molecular flexibility index (Phi) is 4.72. The van der Waals surface area contributed by atoms with E-state index in [9.17, 15) is 4.79 Å². The molecule has 2 nitrogen and oxygen atoms in total. The number of hydrogen-bond donors (Lipinski definition) is 1. The summed E-state index contributed by atoms with van der Waals surface area (Å²) in [5, 5.41) is 2.97. The lowest BCUT2D eigenvalue weighted by atomic mass is 10.1. The maximum absolute atomic E-state index is 12.0. The summed E-state index contributed by atoms with van der Waals surface area (Å²) in [5.41, 5.74) is 4.19. The second-order valence-corrected chi connectivity index (χ2v) is 4.70. The summed E-state index contributed by atoms with van der Waals surface area (Å²) in [6, 6.07) is 15.9. The molecule has 0 aromatic heterocycles. The van der Waals surface area contributed by atoms with Gasteiger partial charge in [0.15, 0.2) is 0 Å². The molecule has 0 bridgehead atoms. The Bertz CT molecular complexity index is 615. The molecule has 0 saturated carbocycles. The summed E-state index contributed by atoms with van der Waals surface area (Å²) in [5.74, 6) is -0.0992. The highest BCUT2D eigenvalue weighted by Crippen LogP contribution is 2.21. The molecule has 0 aliphatic carbocycles. The van der Waals surface area contributed by atoms with Crippen LogP contribution in [0.1, 0.15) is 23.6 Å². The number of anilines is 1. The van der Waals surface area contributed by atoms with Crippen molar-refractivity contribution in [2.45, 2.75) is 20.3 Å². The number of benzene rings is 2. The maximum Gasteiger partial charge on any atom is 0.248 e. The van der Waals surface area contributed by atoms with E-state index in [4.69, 9.17) is 0 Å². The zero-order valence-electron chi connectivity index (χ0n) is 11.9. The Morgan fingerprint density at radius 2 is 1.85 bits per heavy atom. The SMILES string of the molecule is CCc1cccc(C)c1NC(=O)/C=C/c1ccccc1. The van der Waals surface area contributed by atoms with E-state index >= 15 is 0 Å². The van der Waals surface area contributed by atoms with Gasteiger partial charge in [-0.3, -0.25) is 4.79 Å². The summed E-state index contributed by atoms with van der Waals surface area (Å²) in [6.45, 7) is 4.10. The molecule has 0 fully saturated rings. The zero-order valence-corrected chi connectivity index (χ0v) is 11.9. The number of para-hydroxylation sites is 1. The Labute approximate surface area is 120 Å². The van der Waals surface area contributed by atoms with Gasteiger partial charge in [0.2, 0.25) is 5.91 Å². The first-order chi connectivity index (χ1) is 9.70. The van der Waals surface area contributed by atoms with Gasteiger partial charge < -0.3 is 5.32 Å². The molecule has 0 aliphatic heterocycles. The minimum Gasteiger partial charge on any atom is -0.322 e. The van der Waals surface area contributed by atoms with Crippen molar-refractivity contribution in [2.75, 3.05) is 5.32 Å². The largest absolute Gasteiger partial charge is 0.322 e. The number of carbonyl (C=O) groups excluding carboxylic acids is 1. The van der Waals surface area contributed by atoms with E-state index in [1.807, 2.05) is 61.5 Å². The fourth-order valence-electron chi connectivity index (χ4n) is 2.10. The van der Waals surface area contributed by atoms with Crippen LogP contribution in [-0.2, 0) is 11.2 Å². The highest BCUT2D eigenvalue weighted by Gasteiger charge is 2.06. The average Bonchev–Trinajstić information content (AvgIpc) is 2.48. The molecule has 102 valence electrons. The van der Waals surface area contributed by atoms with Crippen molar-refractivity contribution >= 4 is 17.7 Å². The third kappa shape index (κ3) is 3.58. The lowest BCUT2D eigenvalue weighted by molar-refractivity contribution is -0.111. The zero-order chi connectivity index (χ0) is 14.4. The Morgan fingerprint density at radius 3 is 2.55 bits per heavy atom. The van der Waals surface area contributed by atoms with Crippen LogP contribution < -0.4 is 5.32 Å². The van der Waals surface area contributed by atoms with Crippen LogP contribution in [0, 0.1) is 6.92 Å². The Balaban J connectivity index is 2.11. The van der Waals surface area contributed by atoms with E-state index < -0.39 is 0 Å². The molecule has 0 aliphatic rings. The van der Waals surface area contributed by atoms with Gasteiger partial charge in [-0.15, -0.1) is 0 Å². The van der Waals surface area contributed by atoms with Gasteiger partial charge in [-0.2, -0.15) is 0 Å². The number of carbonyl (C=O) groups is 1. The summed E-state index contributed by atoms with van der Waals surface area (Å²) < 4.78 is 0. The monoisotopic (exact) mass is 265 g/mol. The predicted octanol–water partition coefficient (Wildman–Crippen LogP) is 4.21. The topological polar surface area (TPSA) is 29.1 Å². The summed E-state index contributed by atoms with van der Waals surface area (Å²) in [7, 11) is 0. The lowest BCUT2D eigenvalue weighted by Crippen LogP contribution is -2.11. The van der Waals surface area contributed by atoms with Crippen molar-refractivity contribution in [1.82, 2.24) is 0 Å². The highest BCUT2D eigenvalue weighted by atomic mass is 16.1. The van der Waals surface area contributed by atoms with Crippen LogP contribution in [0.25, 0.3) is 6.08 Å². The first kappa shape index (κ1) is 14.1. The van der Waals surface area contributed by atoms with Crippen molar-refractivity contribution in [3.63, 3.8) is 0 Å². The van der Waals surface area contributed by atoms with Gasteiger partial charge in [0, 0.05) is 11.8 Å². The van der Waals surface area contributed by atoms with Crippen molar-refractivity contribution < 1.29 is 4.79 Å². The number of rotatable bonds is 4. The van der Waals surface area contributed by atoms with Crippen LogP contribution in [0.5, 0.6) is 0 Å². The van der Waals surface area contributed by atoms with Crippen molar-refractivity contribution in [3.8, 4) is 0 Å². The molecule has 20 heavy (non-hydrogen) atoms. The first-order valence-electron chi connectivity index (χ1n) is 6.83. The minimum absolute atomic E-state index is 0.0992. The second-order valence-electron chi connectivity index (χ2n) is 4.70. The van der Waals surface area contributed by atoms with Crippen molar-refractivity contribution in [2.24, 2.45) is 0 Å². The van der Waals surface area contributed by atoms with Gasteiger partial charge in [0.05, 0.1) is 0 Å². The third-order valence-electron chi connectivity index (χ3n) is 3.21. The summed E-state index contributed by atoms with van der Waals surface area (Å²) in [6.07, 6.45) is 4.29. The van der Waals surface area contributed by atoms with Crippen LogP contribution in [0.3, 0.4) is 0 Å². The molecule has 2 heteroatoms. The number of aryl methyl sites for hydroxylation is 2. The number of amides is 1. The average molecular weight is 265 g/mol. The fourth-order valence-corrected chi connectivity index (χ4v) is 2.10. The molecule has 1 N–H and O–H groups in total. The van der Waals surface area contributed by atoms with Crippen LogP contribution in [-0.4, -0.2) is 5.91 Å². The predicted molar refractivity (Wildman–Crippen MR) is 84.7 cm³/mol. The van der Waals surface area contributed by atoms with Gasteiger partial charge in [-0.05, 0) is 36.1 Å². The van der Waals surface area contributed by atoms with E-state index in [1.54, 1.807) is 6.08 Å². The Hall–Kier alpha value is -2.35. The van der Waals surface area contributed by atoms with Crippen LogP contribution in [0.2, 0.25) is 0 Å². The smallest absolute Gasteiger partial charge is 0.248 e. The van der Waals surface area contributed by atoms with E-state index in [1.165, 1.54) is 0 Å². The van der Waals surface area contributed by atoms with Gasteiger partial charge >= 0.3 is 0 Å². The Morgan fingerprint density at radius 1 is 1.10 bits per heavy atom. The number of hydrogen-bond acceptors (Lipinski definition) is 1. The third-order valence-corrected chi connectivity index (χ3v) is 3.21. The molecule has 0 spiro atoms. The van der Waals surface area contributed by atoms with Crippen LogP contribution >= 0.6 is 0 Å². The van der Waals surface area contributed by atoms with Crippen molar-refractivity contribution in [3.05, 3.63) is 71.3 Å². The quantitative estimate of drug-likeness (QED) is 0.824. The van der Waals surface area contributed by atoms with E-state index in [0.717, 1.165) is 28.8 Å². The molecule has 0 unspecified atom stereocenters. The highest BCUT2D eigenvalue weighted by molar-refractivity contribution is 6.02. The molecule has 1 amide bonds. The van der Waals surface area contributed by atoms with Crippen LogP contribution in [0.4, 0.5) is 5.69 Å². The number of nitrogens with one attached hydrogen (secondary N) is 1.